The molecule has 1 aromatic carbocycles. The average Bonchev–Trinajstić information content (AvgIpc) is 2.40. The van der Waals surface area contributed by atoms with Gasteiger partial charge >= 0.3 is 0 Å². The molecule has 2 rings (SSSR count). The normalized spacial score (nSPS) is 21.4. The van der Waals surface area contributed by atoms with Gasteiger partial charge in [0.05, 0.1) is 5.75 Å². The van der Waals surface area contributed by atoms with E-state index < -0.39 is 10.0 Å². The highest BCUT2D eigenvalue weighted by Gasteiger charge is 2.31. The highest BCUT2D eigenvalue weighted by Crippen LogP contribution is 2.24. The second-order valence-electron chi connectivity index (χ2n) is 5.01. The Morgan fingerprint density at radius 2 is 1.95 bits per heavy atom. The summed E-state index contributed by atoms with van der Waals surface area (Å²) in [6.45, 7) is 0.627. The molecular weight excluding hydrogens is 262 g/mol. The van der Waals surface area contributed by atoms with Crippen LogP contribution in [0.15, 0.2) is 30.3 Å². The molecule has 0 aliphatic carbocycles. The number of rotatable bonds is 5. The maximum atomic E-state index is 12.5. The quantitative estimate of drug-likeness (QED) is 0.895. The van der Waals surface area contributed by atoms with Crippen molar-refractivity contribution >= 4 is 10.0 Å². The van der Waals surface area contributed by atoms with Crippen LogP contribution >= 0.6 is 0 Å². The van der Waals surface area contributed by atoms with Crippen LogP contribution in [-0.2, 0) is 15.8 Å². The predicted octanol–water partition coefficient (Wildman–Crippen LogP) is 1.75. The third kappa shape index (κ3) is 3.78. The Balaban J connectivity index is 2.13. The Kier molecular flexibility index (Phi) is 4.96. The number of hydrogen-bond acceptors (Lipinski definition) is 3. The maximum Gasteiger partial charge on any atom is 0.218 e. The monoisotopic (exact) mass is 283 g/mol. The Hall–Kier alpha value is -0.910. The largest absolute Gasteiger partial charge is 0.396 e. The Bertz CT molecular complexity index is 485. The number of nitrogens with zero attached hydrogens (tertiary/aromatic N) is 1. The minimum atomic E-state index is -3.29. The molecule has 19 heavy (non-hydrogen) atoms. The molecule has 1 aromatic rings. The maximum absolute atomic E-state index is 12.5. The molecule has 0 spiro atoms. The van der Waals surface area contributed by atoms with Gasteiger partial charge in [-0.25, -0.2) is 8.42 Å². The van der Waals surface area contributed by atoms with Gasteiger partial charge in [-0.1, -0.05) is 36.8 Å². The highest BCUT2D eigenvalue weighted by molar-refractivity contribution is 7.88. The van der Waals surface area contributed by atoms with Crippen molar-refractivity contribution < 1.29 is 13.5 Å². The third-order valence-corrected chi connectivity index (χ3v) is 5.48. The third-order valence-electron chi connectivity index (χ3n) is 3.58. The molecular formula is C14H21NO3S. The van der Waals surface area contributed by atoms with E-state index in [4.69, 9.17) is 5.11 Å². The summed E-state index contributed by atoms with van der Waals surface area (Å²) in [7, 11) is -3.29. The lowest BCUT2D eigenvalue weighted by molar-refractivity contribution is 0.192. The molecule has 0 amide bonds. The predicted molar refractivity (Wildman–Crippen MR) is 75.1 cm³/mol. The summed E-state index contributed by atoms with van der Waals surface area (Å²) in [6, 6.07) is 9.22. The summed E-state index contributed by atoms with van der Waals surface area (Å²) in [4.78, 5) is 0. The molecule has 1 aliphatic rings. The van der Waals surface area contributed by atoms with E-state index in [-0.39, 0.29) is 18.4 Å². The topological polar surface area (TPSA) is 57.6 Å². The van der Waals surface area contributed by atoms with E-state index in [9.17, 15) is 8.42 Å². The van der Waals surface area contributed by atoms with E-state index in [1.807, 2.05) is 30.3 Å². The van der Waals surface area contributed by atoms with Crippen molar-refractivity contribution in [2.75, 3.05) is 13.2 Å². The van der Waals surface area contributed by atoms with Gasteiger partial charge < -0.3 is 5.11 Å². The van der Waals surface area contributed by atoms with Gasteiger partial charge in [-0.05, 0) is 24.8 Å². The standard InChI is InChI=1S/C14H21NO3S/c16-11-9-14-8-4-5-10-15(14)19(17,18)12-13-6-2-1-3-7-13/h1-3,6-7,14,16H,4-5,8-12H2. The van der Waals surface area contributed by atoms with Crippen molar-refractivity contribution in [3.8, 4) is 0 Å². The van der Waals surface area contributed by atoms with Crippen molar-refractivity contribution in [3.63, 3.8) is 0 Å². The minimum absolute atomic E-state index is 0.0348. The zero-order chi connectivity index (χ0) is 13.7. The summed E-state index contributed by atoms with van der Waals surface area (Å²) < 4.78 is 26.6. The van der Waals surface area contributed by atoms with E-state index >= 15 is 0 Å². The Labute approximate surface area is 115 Å². The van der Waals surface area contributed by atoms with E-state index in [0.29, 0.717) is 13.0 Å². The fraction of sp³-hybridized carbons (Fsp3) is 0.571. The van der Waals surface area contributed by atoms with Crippen LogP contribution in [0.1, 0.15) is 31.2 Å². The molecule has 5 heteroatoms. The van der Waals surface area contributed by atoms with Crippen LogP contribution in [0.4, 0.5) is 0 Å². The SMILES string of the molecule is O=S(=O)(Cc1ccccc1)N1CCCCC1CCO. The molecule has 0 aromatic heterocycles. The number of aliphatic hydroxyl groups is 1. The second kappa shape index (κ2) is 6.50. The van der Waals surface area contributed by atoms with Crippen LogP contribution in [0.3, 0.4) is 0 Å². The van der Waals surface area contributed by atoms with Gasteiger partial charge in [0.25, 0.3) is 0 Å². The van der Waals surface area contributed by atoms with Crippen molar-refractivity contribution in [1.82, 2.24) is 4.31 Å². The van der Waals surface area contributed by atoms with Gasteiger partial charge in [-0.3, -0.25) is 0 Å². The molecule has 0 bridgehead atoms. The lowest BCUT2D eigenvalue weighted by Crippen LogP contribution is -2.44. The zero-order valence-electron chi connectivity index (χ0n) is 11.0. The molecule has 0 radical (unpaired) electrons. The summed E-state index contributed by atoms with van der Waals surface area (Å²) in [5, 5.41) is 9.07. The molecule has 0 saturated carbocycles. The summed E-state index contributed by atoms with van der Waals surface area (Å²) in [5.74, 6) is 0.0514. The lowest BCUT2D eigenvalue weighted by atomic mass is 10.0. The highest BCUT2D eigenvalue weighted by atomic mass is 32.2. The first-order valence-electron chi connectivity index (χ1n) is 6.78. The van der Waals surface area contributed by atoms with Crippen LogP contribution in [0.5, 0.6) is 0 Å². The first kappa shape index (κ1) is 14.5. The fourth-order valence-electron chi connectivity index (χ4n) is 2.65. The van der Waals surface area contributed by atoms with E-state index in [0.717, 1.165) is 24.8 Å². The summed E-state index contributed by atoms with van der Waals surface area (Å²) in [6.07, 6.45) is 3.35. The average molecular weight is 283 g/mol. The fourth-order valence-corrected chi connectivity index (χ4v) is 4.50. The van der Waals surface area contributed by atoms with Crippen molar-refractivity contribution in [3.05, 3.63) is 35.9 Å². The van der Waals surface area contributed by atoms with Crippen molar-refractivity contribution in [2.24, 2.45) is 0 Å². The van der Waals surface area contributed by atoms with Crippen LogP contribution in [-0.4, -0.2) is 37.0 Å². The van der Waals surface area contributed by atoms with E-state index in [1.165, 1.54) is 0 Å². The number of piperidine rings is 1. The van der Waals surface area contributed by atoms with E-state index in [2.05, 4.69) is 0 Å². The first-order chi connectivity index (χ1) is 9.13. The molecule has 4 nitrogen and oxygen atoms in total. The van der Waals surface area contributed by atoms with Crippen LogP contribution in [0.2, 0.25) is 0 Å². The van der Waals surface area contributed by atoms with Crippen molar-refractivity contribution in [1.29, 1.82) is 0 Å². The van der Waals surface area contributed by atoms with E-state index in [1.54, 1.807) is 4.31 Å². The molecule has 1 aliphatic heterocycles. The summed E-state index contributed by atoms with van der Waals surface area (Å²) in [5.41, 5.74) is 0.816. The van der Waals surface area contributed by atoms with Crippen molar-refractivity contribution in [2.45, 2.75) is 37.5 Å². The molecule has 1 atom stereocenters. The van der Waals surface area contributed by atoms with Crippen LogP contribution in [0, 0.1) is 0 Å². The van der Waals surface area contributed by atoms with Gasteiger partial charge in [0.15, 0.2) is 0 Å². The Morgan fingerprint density at radius 1 is 1.21 bits per heavy atom. The first-order valence-corrected chi connectivity index (χ1v) is 8.39. The van der Waals surface area contributed by atoms with Gasteiger partial charge in [0.1, 0.15) is 0 Å². The number of aliphatic hydroxyl groups excluding tert-OH is 1. The van der Waals surface area contributed by atoms with Crippen LogP contribution in [0.25, 0.3) is 0 Å². The Morgan fingerprint density at radius 3 is 2.63 bits per heavy atom. The molecule has 1 unspecified atom stereocenters. The minimum Gasteiger partial charge on any atom is -0.396 e. The van der Waals surface area contributed by atoms with Gasteiger partial charge in [0.2, 0.25) is 10.0 Å². The number of sulfonamides is 1. The molecule has 1 N–H and O–H groups in total. The number of benzene rings is 1. The molecule has 1 fully saturated rings. The number of hydrogen-bond donors (Lipinski definition) is 1. The molecule has 106 valence electrons. The smallest absolute Gasteiger partial charge is 0.218 e. The zero-order valence-corrected chi connectivity index (χ0v) is 11.8. The van der Waals surface area contributed by atoms with Gasteiger partial charge in [0, 0.05) is 19.2 Å². The molecule has 1 heterocycles. The second-order valence-corrected chi connectivity index (χ2v) is 6.94. The van der Waals surface area contributed by atoms with Crippen LogP contribution < -0.4 is 0 Å². The van der Waals surface area contributed by atoms with Gasteiger partial charge in [-0.2, -0.15) is 4.31 Å². The summed E-state index contributed by atoms with van der Waals surface area (Å²) >= 11 is 0. The van der Waals surface area contributed by atoms with Gasteiger partial charge in [-0.15, -0.1) is 0 Å². The molecule has 1 saturated heterocycles. The lowest BCUT2D eigenvalue weighted by Gasteiger charge is -2.34.